The Bertz CT molecular complexity index is 851. The van der Waals surface area contributed by atoms with Crippen molar-refractivity contribution in [1.29, 1.82) is 0 Å². The van der Waals surface area contributed by atoms with Crippen LogP contribution in [0.5, 0.6) is 11.5 Å². The third-order valence-electron chi connectivity index (χ3n) is 8.86. The molecule has 0 aromatic heterocycles. The normalized spacial score (nSPS) is 36.8. The molecule has 2 saturated heterocycles. The second-order valence-corrected chi connectivity index (χ2v) is 15.3. The van der Waals surface area contributed by atoms with Crippen LogP contribution in [0, 0.1) is 23.6 Å². The van der Waals surface area contributed by atoms with E-state index < -0.39 is 23.3 Å². The minimum absolute atomic E-state index is 0.169. The first-order chi connectivity index (χ1) is 16.3. The molecule has 192 valence electrons. The van der Waals surface area contributed by atoms with Crippen LogP contribution in [0.3, 0.4) is 0 Å². The predicted molar refractivity (Wildman–Crippen MR) is 130 cm³/mol. The monoisotopic (exact) mass is 502 g/mol. The van der Waals surface area contributed by atoms with Crippen LogP contribution < -0.4 is 9.47 Å². The van der Waals surface area contributed by atoms with E-state index >= 15 is 0 Å². The van der Waals surface area contributed by atoms with Gasteiger partial charge in [0.25, 0.3) is 0 Å². The predicted octanol–water partition coefficient (Wildman–Crippen LogP) is 7.97. The smallest absolute Gasteiger partial charge is 0.422 e. The summed E-state index contributed by atoms with van der Waals surface area (Å²) in [5.41, 5.74) is -1.34. The molecule has 2 saturated carbocycles. The highest BCUT2D eigenvalue weighted by molar-refractivity contribution is 8.47. The molecule has 7 heteroatoms. The first-order valence-electron chi connectivity index (χ1n) is 13.2. The van der Waals surface area contributed by atoms with Crippen LogP contribution in [-0.4, -0.2) is 35.2 Å². The highest BCUT2D eigenvalue weighted by Gasteiger charge is 2.67. The van der Waals surface area contributed by atoms with Gasteiger partial charge in [0.1, 0.15) is 11.3 Å². The van der Waals surface area contributed by atoms with Gasteiger partial charge in [0.05, 0.1) is 13.2 Å². The lowest BCUT2D eigenvalue weighted by atomic mass is 9.81. The molecule has 2 aliphatic heterocycles. The molecule has 2 aliphatic carbocycles. The Hall–Kier alpha value is -1.11. The van der Waals surface area contributed by atoms with Crippen molar-refractivity contribution in [1.82, 2.24) is 0 Å². The number of benzene rings is 1. The Balaban J connectivity index is 1.13. The summed E-state index contributed by atoms with van der Waals surface area (Å²) >= 11 is 0. The highest BCUT2D eigenvalue weighted by Crippen LogP contribution is 2.88. The van der Waals surface area contributed by atoms with Crippen LogP contribution in [0.15, 0.2) is 12.1 Å². The zero-order valence-electron chi connectivity index (χ0n) is 20.2. The summed E-state index contributed by atoms with van der Waals surface area (Å²) in [6, 6.07) is 2.53. The zero-order valence-corrected chi connectivity index (χ0v) is 21.0. The van der Waals surface area contributed by atoms with E-state index in [-0.39, 0.29) is 29.0 Å². The Morgan fingerprint density at radius 3 is 2.09 bits per heavy atom. The van der Waals surface area contributed by atoms with E-state index in [0.717, 1.165) is 35.7 Å². The molecule has 0 amide bonds. The van der Waals surface area contributed by atoms with E-state index in [1.807, 2.05) is 0 Å². The minimum atomic E-state index is -4.83. The van der Waals surface area contributed by atoms with Crippen LogP contribution in [0.1, 0.15) is 76.7 Å². The van der Waals surface area contributed by atoms with Gasteiger partial charge in [0.15, 0.2) is 11.6 Å². The molecule has 0 atom stereocenters. The lowest BCUT2D eigenvalue weighted by molar-refractivity contribution is -0.141. The van der Waals surface area contributed by atoms with Gasteiger partial charge >= 0.3 is 6.18 Å². The number of hydrogen-bond acceptors (Lipinski definition) is 2. The van der Waals surface area contributed by atoms with Crippen LogP contribution in [0.2, 0.25) is 0 Å². The number of fused-ring (bicyclic) bond motifs is 1. The quantitative estimate of drug-likeness (QED) is 0.194. The molecule has 0 unspecified atom stereocenters. The van der Waals surface area contributed by atoms with Crippen molar-refractivity contribution in [3.05, 3.63) is 23.5 Å². The molecule has 2 nitrogen and oxygen atoms in total. The molecule has 4 fully saturated rings. The lowest BCUT2D eigenvalue weighted by Gasteiger charge is -2.32. The molecule has 34 heavy (non-hydrogen) atoms. The number of ether oxygens (including phenoxy) is 2. The van der Waals surface area contributed by atoms with Crippen LogP contribution in [-0.2, 0) is 6.18 Å². The molecule has 0 N–H and O–H groups in total. The molecule has 1 aromatic rings. The van der Waals surface area contributed by atoms with E-state index in [4.69, 9.17) is 9.47 Å². The van der Waals surface area contributed by atoms with Crippen molar-refractivity contribution < 1.29 is 27.0 Å². The van der Waals surface area contributed by atoms with E-state index in [0.29, 0.717) is 18.3 Å². The fourth-order valence-corrected chi connectivity index (χ4v) is 10.8. The summed E-state index contributed by atoms with van der Waals surface area (Å²) in [6.45, 7) is 2.72. The number of rotatable bonds is 9. The van der Waals surface area contributed by atoms with Gasteiger partial charge in [0, 0.05) is 5.25 Å². The molecule has 5 rings (SSSR count). The molecule has 2 heterocycles. The van der Waals surface area contributed by atoms with Crippen molar-refractivity contribution in [2.75, 3.05) is 24.7 Å². The first kappa shape index (κ1) is 24.6. The topological polar surface area (TPSA) is 18.5 Å². The Kier molecular flexibility index (Phi) is 7.04. The van der Waals surface area contributed by atoms with Crippen molar-refractivity contribution in [3.8, 4) is 11.5 Å². The number of halogens is 4. The number of hydrogen-bond donors (Lipinski definition) is 0. The van der Waals surface area contributed by atoms with E-state index in [1.165, 1.54) is 62.2 Å². The SMILES string of the molecule is CC1CCC(CCCOc2ccc(OCC3CCC(S45CC4C5)CC3)c(F)c2C(F)(F)F)CC1. The van der Waals surface area contributed by atoms with Gasteiger partial charge < -0.3 is 9.47 Å². The van der Waals surface area contributed by atoms with E-state index in [1.54, 1.807) is 0 Å². The zero-order chi connectivity index (χ0) is 23.9. The van der Waals surface area contributed by atoms with Crippen molar-refractivity contribution in [2.24, 2.45) is 17.8 Å². The van der Waals surface area contributed by atoms with Crippen LogP contribution in [0.4, 0.5) is 17.6 Å². The van der Waals surface area contributed by atoms with Gasteiger partial charge in [-0.3, -0.25) is 0 Å². The summed E-state index contributed by atoms with van der Waals surface area (Å²) in [5.74, 6) is 2.58. The van der Waals surface area contributed by atoms with Crippen LogP contribution in [0.25, 0.3) is 0 Å². The summed E-state index contributed by atoms with van der Waals surface area (Å²) in [5, 5.41) is 1.97. The fourth-order valence-electron chi connectivity index (χ4n) is 6.29. The largest absolute Gasteiger partial charge is 0.493 e. The molecule has 1 aromatic carbocycles. The average molecular weight is 503 g/mol. The van der Waals surface area contributed by atoms with Crippen molar-refractivity contribution in [3.63, 3.8) is 0 Å². The van der Waals surface area contributed by atoms with Crippen LogP contribution >= 0.6 is 10.0 Å². The summed E-state index contributed by atoms with van der Waals surface area (Å²) in [4.78, 5) is 0. The van der Waals surface area contributed by atoms with Gasteiger partial charge in [-0.05, 0) is 85.2 Å². The molecular formula is C27H38F4O2S. The highest BCUT2D eigenvalue weighted by atomic mass is 32.3. The summed E-state index contributed by atoms with van der Waals surface area (Å²) in [7, 11) is -0.192. The van der Waals surface area contributed by atoms with E-state index in [2.05, 4.69) is 6.92 Å². The average Bonchev–Trinajstić information content (AvgIpc) is 3.68. The Morgan fingerprint density at radius 2 is 1.47 bits per heavy atom. The minimum Gasteiger partial charge on any atom is -0.493 e. The number of alkyl halides is 3. The fraction of sp³-hybridized carbons (Fsp3) is 0.778. The molecule has 0 spiro atoms. The Morgan fingerprint density at radius 1 is 0.853 bits per heavy atom. The van der Waals surface area contributed by atoms with Gasteiger partial charge in [-0.25, -0.2) is 14.4 Å². The standard InChI is InChI=1S/C27H38F4O2S/c1-18-4-6-19(7-5-18)3-2-14-32-23-12-13-24(26(28)25(23)27(29,30)31)33-15-20-8-10-21(11-9-20)34-16-22(34)17-34/h12-13,18-22H,2-11,14-17H2,1H3. The van der Waals surface area contributed by atoms with Gasteiger partial charge in [-0.2, -0.15) is 13.2 Å². The second kappa shape index (κ2) is 9.74. The van der Waals surface area contributed by atoms with Crippen molar-refractivity contribution in [2.45, 2.75) is 87.8 Å². The summed E-state index contributed by atoms with van der Waals surface area (Å²) < 4.78 is 67.1. The maximum absolute atomic E-state index is 14.9. The maximum Gasteiger partial charge on any atom is 0.422 e. The molecule has 4 aliphatic rings. The van der Waals surface area contributed by atoms with Gasteiger partial charge in [-0.1, -0.05) is 32.6 Å². The third-order valence-corrected chi connectivity index (χ3v) is 13.5. The maximum atomic E-state index is 14.9. The molecule has 0 bridgehead atoms. The molecule has 0 radical (unpaired) electrons. The van der Waals surface area contributed by atoms with Gasteiger partial charge in [-0.15, -0.1) is 0 Å². The lowest BCUT2D eigenvalue weighted by Crippen LogP contribution is -2.23. The third kappa shape index (κ3) is 5.34. The Labute approximate surface area is 202 Å². The van der Waals surface area contributed by atoms with Crippen molar-refractivity contribution >= 4 is 10.0 Å². The second-order valence-electron chi connectivity index (χ2n) is 11.3. The summed E-state index contributed by atoms with van der Waals surface area (Å²) in [6.07, 6.45) is 6.11. The van der Waals surface area contributed by atoms with Gasteiger partial charge in [0.2, 0.25) is 0 Å². The van der Waals surface area contributed by atoms with E-state index in [9.17, 15) is 17.6 Å². The first-order valence-corrected chi connectivity index (χ1v) is 15.3. The molecular weight excluding hydrogens is 464 g/mol.